The Kier molecular flexibility index (Phi) is 4.67. The molecule has 2 aromatic rings. The van der Waals surface area contributed by atoms with Gasteiger partial charge in [-0.1, -0.05) is 49.7 Å². The van der Waals surface area contributed by atoms with Gasteiger partial charge in [0.15, 0.2) is 0 Å². The molecule has 0 radical (unpaired) electrons. The first-order valence-electron chi connectivity index (χ1n) is 8.57. The third kappa shape index (κ3) is 3.91. The van der Waals surface area contributed by atoms with Crippen molar-refractivity contribution in [2.75, 3.05) is 0 Å². The second-order valence-corrected chi connectivity index (χ2v) is 7.07. The first-order chi connectivity index (χ1) is 11.0. The van der Waals surface area contributed by atoms with Crippen molar-refractivity contribution >= 4 is 0 Å². The lowest BCUT2D eigenvalue weighted by Crippen LogP contribution is -2.30. The minimum atomic E-state index is 0.143. The largest absolute Gasteiger partial charge is 0.310 e. The Bertz CT molecular complexity index is 724. The molecular formula is C20H26N2O. The van der Waals surface area contributed by atoms with Crippen molar-refractivity contribution in [2.45, 2.75) is 52.7 Å². The fourth-order valence-corrected chi connectivity index (χ4v) is 2.82. The number of nitrogens with zero attached hydrogens (tertiary/aromatic N) is 1. The summed E-state index contributed by atoms with van der Waals surface area (Å²) in [6.07, 6.45) is 2.48. The lowest BCUT2D eigenvalue weighted by Gasteiger charge is -2.17. The molecule has 1 heterocycles. The molecule has 0 bridgehead atoms. The van der Waals surface area contributed by atoms with Gasteiger partial charge in [0.2, 0.25) is 0 Å². The van der Waals surface area contributed by atoms with Crippen molar-refractivity contribution in [1.82, 2.24) is 9.88 Å². The molecule has 3 rings (SSSR count). The van der Waals surface area contributed by atoms with Crippen molar-refractivity contribution in [3.05, 3.63) is 57.9 Å². The van der Waals surface area contributed by atoms with E-state index in [-0.39, 0.29) is 5.56 Å². The van der Waals surface area contributed by atoms with E-state index in [1.807, 2.05) is 10.6 Å². The first kappa shape index (κ1) is 16.0. The van der Waals surface area contributed by atoms with E-state index in [1.165, 1.54) is 18.4 Å². The molecule has 3 nitrogen and oxygen atoms in total. The Balaban J connectivity index is 1.98. The van der Waals surface area contributed by atoms with Crippen LogP contribution in [0.25, 0.3) is 11.3 Å². The van der Waals surface area contributed by atoms with Gasteiger partial charge in [-0.3, -0.25) is 4.79 Å². The summed E-state index contributed by atoms with van der Waals surface area (Å²) in [4.78, 5) is 12.9. The van der Waals surface area contributed by atoms with Crippen molar-refractivity contribution in [2.24, 2.45) is 5.92 Å². The highest BCUT2D eigenvalue weighted by Crippen LogP contribution is 2.21. The van der Waals surface area contributed by atoms with Gasteiger partial charge in [0, 0.05) is 24.7 Å². The number of hydrogen-bond donors (Lipinski definition) is 1. The minimum Gasteiger partial charge on any atom is -0.310 e. The fourth-order valence-electron chi connectivity index (χ4n) is 2.82. The summed E-state index contributed by atoms with van der Waals surface area (Å²) < 4.78 is 1.94. The Morgan fingerprint density at radius 1 is 1.13 bits per heavy atom. The van der Waals surface area contributed by atoms with Gasteiger partial charge < -0.3 is 9.88 Å². The number of aryl methyl sites for hydroxylation is 1. The second-order valence-electron chi connectivity index (χ2n) is 7.07. The number of nitrogens with one attached hydrogen (secondary N) is 1. The van der Waals surface area contributed by atoms with Crippen LogP contribution in [0.3, 0.4) is 0 Å². The quantitative estimate of drug-likeness (QED) is 0.882. The molecule has 0 atom stereocenters. The highest BCUT2D eigenvalue weighted by molar-refractivity contribution is 5.60. The van der Waals surface area contributed by atoms with Gasteiger partial charge in [0.25, 0.3) is 5.56 Å². The van der Waals surface area contributed by atoms with E-state index in [0.29, 0.717) is 18.5 Å². The average Bonchev–Trinajstić information content (AvgIpc) is 3.33. The molecule has 1 aliphatic carbocycles. The van der Waals surface area contributed by atoms with E-state index < -0.39 is 0 Å². The number of pyridine rings is 1. The Morgan fingerprint density at radius 3 is 2.43 bits per heavy atom. The second kappa shape index (κ2) is 6.71. The molecule has 0 amide bonds. The maximum absolute atomic E-state index is 12.9. The molecule has 1 aromatic heterocycles. The van der Waals surface area contributed by atoms with Crippen LogP contribution in [0.15, 0.2) is 41.2 Å². The molecule has 1 aliphatic rings. The van der Waals surface area contributed by atoms with Crippen LogP contribution in [-0.4, -0.2) is 10.6 Å². The van der Waals surface area contributed by atoms with Crippen LogP contribution in [0.1, 0.15) is 37.8 Å². The van der Waals surface area contributed by atoms with Crippen LogP contribution in [-0.2, 0) is 13.1 Å². The van der Waals surface area contributed by atoms with Crippen molar-refractivity contribution < 1.29 is 0 Å². The number of hydrogen-bond acceptors (Lipinski definition) is 2. The minimum absolute atomic E-state index is 0.143. The average molecular weight is 310 g/mol. The maximum Gasteiger partial charge on any atom is 0.255 e. The smallest absolute Gasteiger partial charge is 0.255 e. The van der Waals surface area contributed by atoms with E-state index in [0.717, 1.165) is 23.4 Å². The van der Waals surface area contributed by atoms with Gasteiger partial charge in [0.05, 0.1) is 5.69 Å². The molecular weight excluding hydrogens is 284 g/mol. The Hall–Kier alpha value is -1.87. The Labute approximate surface area is 138 Å². The Morgan fingerprint density at radius 2 is 1.83 bits per heavy atom. The third-order valence-electron chi connectivity index (χ3n) is 4.31. The van der Waals surface area contributed by atoms with Gasteiger partial charge in [-0.25, -0.2) is 0 Å². The predicted octanol–water partition coefficient (Wildman–Crippen LogP) is 3.73. The number of benzene rings is 1. The van der Waals surface area contributed by atoms with Gasteiger partial charge in [-0.15, -0.1) is 0 Å². The highest BCUT2D eigenvalue weighted by atomic mass is 16.1. The van der Waals surface area contributed by atoms with Crippen molar-refractivity contribution in [1.29, 1.82) is 0 Å². The van der Waals surface area contributed by atoms with Crippen LogP contribution in [0.5, 0.6) is 0 Å². The zero-order valence-corrected chi connectivity index (χ0v) is 14.3. The zero-order chi connectivity index (χ0) is 16.4. The highest BCUT2D eigenvalue weighted by Gasteiger charge is 2.21. The van der Waals surface area contributed by atoms with Crippen LogP contribution in [0, 0.1) is 12.8 Å². The summed E-state index contributed by atoms with van der Waals surface area (Å²) in [6.45, 7) is 7.81. The van der Waals surface area contributed by atoms with E-state index in [9.17, 15) is 4.79 Å². The van der Waals surface area contributed by atoms with Gasteiger partial charge in [-0.05, 0) is 37.3 Å². The molecule has 122 valence electrons. The van der Waals surface area contributed by atoms with Gasteiger partial charge in [0.1, 0.15) is 0 Å². The molecule has 0 aliphatic heterocycles. The lowest BCUT2D eigenvalue weighted by atomic mass is 10.1. The molecule has 1 saturated carbocycles. The summed E-state index contributed by atoms with van der Waals surface area (Å²) >= 11 is 0. The van der Waals surface area contributed by atoms with Crippen molar-refractivity contribution in [3.8, 4) is 11.3 Å². The monoisotopic (exact) mass is 310 g/mol. The third-order valence-corrected chi connectivity index (χ3v) is 4.31. The summed E-state index contributed by atoms with van der Waals surface area (Å²) in [5.41, 5.74) is 4.36. The molecule has 23 heavy (non-hydrogen) atoms. The SMILES string of the molecule is Cc1ccc(-c2ccc(CNC3CC3)c(=O)n2CC(C)C)cc1. The lowest BCUT2D eigenvalue weighted by molar-refractivity contribution is 0.510. The molecule has 1 aromatic carbocycles. The standard InChI is InChI=1S/C20H26N2O/c1-14(2)13-22-19(16-6-4-15(3)5-7-16)11-8-17(20(22)23)12-21-18-9-10-18/h4-8,11,14,18,21H,9-10,12-13H2,1-3H3. The van der Waals surface area contributed by atoms with Crippen LogP contribution in [0.4, 0.5) is 0 Å². The molecule has 0 spiro atoms. The van der Waals surface area contributed by atoms with E-state index >= 15 is 0 Å². The summed E-state index contributed by atoms with van der Waals surface area (Å²) in [7, 11) is 0. The molecule has 1 N–H and O–H groups in total. The van der Waals surface area contributed by atoms with Crippen LogP contribution < -0.4 is 10.9 Å². The normalized spacial score (nSPS) is 14.4. The summed E-state index contributed by atoms with van der Waals surface area (Å²) in [5, 5.41) is 3.45. The first-order valence-corrected chi connectivity index (χ1v) is 8.57. The predicted molar refractivity (Wildman–Crippen MR) is 95.6 cm³/mol. The fraction of sp³-hybridized carbons (Fsp3) is 0.450. The molecule has 3 heteroatoms. The molecule has 0 saturated heterocycles. The van der Waals surface area contributed by atoms with Gasteiger partial charge in [-0.2, -0.15) is 0 Å². The molecule has 1 fully saturated rings. The molecule has 0 unspecified atom stereocenters. The maximum atomic E-state index is 12.9. The van der Waals surface area contributed by atoms with E-state index in [4.69, 9.17) is 0 Å². The summed E-state index contributed by atoms with van der Waals surface area (Å²) in [6, 6.07) is 13.1. The van der Waals surface area contributed by atoms with Gasteiger partial charge >= 0.3 is 0 Å². The van der Waals surface area contributed by atoms with E-state index in [2.05, 4.69) is 56.4 Å². The number of rotatable bonds is 6. The van der Waals surface area contributed by atoms with Crippen LogP contribution >= 0.6 is 0 Å². The summed E-state index contributed by atoms with van der Waals surface area (Å²) in [5.74, 6) is 0.434. The van der Waals surface area contributed by atoms with E-state index in [1.54, 1.807) is 0 Å². The zero-order valence-electron chi connectivity index (χ0n) is 14.3. The van der Waals surface area contributed by atoms with Crippen molar-refractivity contribution in [3.63, 3.8) is 0 Å². The van der Waals surface area contributed by atoms with Crippen LogP contribution in [0.2, 0.25) is 0 Å². The topological polar surface area (TPSA) is 34.0 Å². The number of aromatic nitrogens is 1.